The summed E-state index contributed by atoms with van der Waals surface area (Å²) in [5.74, 6) is -0.399. The van der Waals surface area contributed by atoms with Gasteiger partial charge < -0.3 is 10.4 Å². The maximum atomic E-state index is 11.5. The Morgan fingerprint density at radius 2 is 2.50 bits per heavy atom. The van der Waals surface area contributed by atoms with Crippen LogP contribution < -0.4 is 5.32 Å². The Morgan fingerprint density at radius 3 is 3.07 bits per heavy atom. The highest BCUT2D eigenvalue weighted by Crippen LogP contribution is 2.13. The van der Waals surface area contributed by atoms with Crippen LogP contribution in [-0.2, 0) is 0 Å². The Morgan fingerprint density at radius 1 is 1.79 bits per heavy atom. The lowest BCUT2D eigenvalue weighted by atomic mass is 10.2. The summed E-state index contributed by atoms with van der Waals surface area (Å²) in [5, 5.41) is 12.7. The van der Waals surface area contributed by atoms with Gasteiger partial charge in [-0.2, -0.15) is 0 Å². The van der Waals surface area contributed by atoms with Crippen molar-refractivity contribution < 1.29 is 9.90 Å². The summed E-state index contributed by atoms with van der Waals surface area (Å²) in [4.78, 5) is 15.2. The number of hydrogen-bond acceptors (Lipinski definition) is 3. The summed E-state index contributed by atoms with van der Waals surface area (Å²) in [6.45, 7) is 1.87. The number of aromatic nitrogens is 1. The number of nitrogens with zero attached hydrogens (tertiary/aromatic N) is 1. The van der Waals surface area contributed by atoms with Gasteiger partial charge in [-0.05, 0) is 13.0 Å². The molecule has 14 heavy (non-hydrogen) atoms. The minimum Gasteiger partial charge on any atom is -0.505 e. The number of rotatable bonds is 3. The first-order valence-electron chi connectivity index (χ1n) is 4.15. The molecular formula is C9H11BrN2O2. The predicted molar refractivity (Wildman–Crippen MR) is 56.6 cm³/mol. The Bertz CT molecular complexity index is 330. The molecule has 1 amide bonds. The summed E-state index contributed by atoms with van der Waals surface area (Å²) in [6.07, 6.45) is 2.71. The van der Waals surface area contributed by atoms with Gasteiger partial charge in [0.15, 0.2) is 0 Å². The van der Waals surface area contributed by atoms with E-state index in [0.29, 0.717) is 5.33 Å². The maximum absolute atomic E-state index is 11.5. The first-order valence-corrected chi connectivity index (χ1v) is 5.27. The number of alkyl halides is 1. The van der Waals surface area contributed by atoms with Crippen LogP contribution in [0.1, 0.15) is 17.3 Å². The van der Waals surface area contributed by atoms with Crippen LogP contribution in [-0.4, -0.2) is 27.4 Å². The van der Waals surface area contributed by atoms with E-state index in [2.05, 4.69) is 26.2 Å². The maximum Gasteiger partial charge on any atom is 0.255 e. The molecular weight excluding hydrogens is 248 g/mol. The molecule has 1 aromatic rings. The zero-order valence-electron chi connectivity index (χ0n) is 7.70. The molecule has 1 aromatic heterocycles. The quantitative estimate of drug-likeness (QED) is 0.804. The van der Waals surface area contributed by atoms with Crippen molar-refractivity contribution in [3.05, 3.63) is 24.0 Å². The molecule has 1 rings (SSSR count). The van der Waals surface area contributed by atoms with Gasteiger partial charge in [-0.25, -0.2) is 0 Å². The number of carbonyl (C=O) groups excluding carboxylic acids is 1. The van der Waals surface area contributed by atoms with Crippen molar-refractivity contribution in [3.8, 4) is 5.75 Å². The number of aromatic hydroxyl groups is 1. The SMILES string of the molecule is CC(CBr)NC(=O)c1ccncc1O. The molecule has 1 heterocycles. The molecule has 5 heteroatoms. The Balaban J connectivity index is 2.75. The zero-order chi connectivity index (χ0) is 10.6. The van der Waals surface area contributed by atoms with Gasteiger partial charge in [0, 0.05) is 17.6 Å². The molecule has 0 radical (unpaired) electrons. The van der Waals surface area contributed by atoms with Crippen molar-refractivity contribution in [2.24, 2.45) is 0 Å². The molecule has 0 saturated carbocycles. The summed E-state index contributed by atoms with van der Waals surface area (Å²) in [5.41, 5.74) is 0.243. The number of halogens is 1. The highest BCUT2D eigenvalue weighted by atomic mass is 79.9. The fourth-order valence-electron chi connectivity index (χ4n) is 0.918. The lowest BCUT2D eigenvalue weighted by molar-refractivity contribution is 0.0941. The molecule has 0 fully saturated rings. The van der Waals surface area contributed by atoms with Gasteiger partial charge in [0.25, 0.3) is 5.91 Å². The van der Waals surface area contributed by atoms with Crippen LogP contribution in [0.2, 0.25) is 0 Å². The number of pyridine rings is 1. The smallest absolute Gasteiger partial charge is 0.255 e. The zero-order valence-corrected chi connectivity index (χ0v) is 9.28. The largest absolute Gasteiger partial charge is 0.505 e. The van der Waals surface area contributed by atoms with Gasteiger partial charge >= 0.3 is 0 Å². The summed E-state index contributed by atoms with van der Waals surface area (Å²) >= 11 is 3.24. The van der Waals surface area contributed by atoms with Crippen LogP contribution in [0.25, 0.3) is 0 Å². The minimum absolute atomic E-state index is 0.0232. The van der Waals surface area contributed by atoms with Crippen LogP contribution in [0.3, 0.4) is 0 Å². The summed E-state index contributed by atoms with van der Waals surface area (Å²) < 4.78 is 0. The van der Waals surface area contributed by atoms with E-state index in [0.717, 1.165) is 0 Å². The van der Waals surface area contributed by atoms with E-state index >= 15 is 0 Å². The predicted octanol–water partition coefficient (Wildman–Crippen LogP) is 1.30. The van der Waals surface area contributed by atoms with Gasteiger partial charge in [0.2, 0.25) is 0 Å². The molecule has 0 aliphatic carbocycles. The second kappa shape index (κ2) is 4.95. The van der Waals surface area contributed by atoms with Gasteiger partial charge in [0.1, 0.15) is 5.75 Å². The summed E-state index contributed by atoms with van der Waals surface area (Å²) in [7, 11) is 0. The van der Waals surface area contributed by atoms with Crippen molar-refractivity contribution in [2.75, 3.05) is 5.33 Å². The molecule has 0 bridgehead atoms. The van der Waals surface area contributed by atoms with E-state index in [1.807, 2.05) is 6.92 Å². The molecule has 76 valence electrons. The van der Waals surface area contributed by atoms with Gasteiger partial charge in [-0.15, -0.1) is 0 Å². The molecule has 4 nitrogen and oxygen atoms in total. The van der Waals surface area contributed by atoms with Crippen molar-refractivity contribution >= 4 is 21.8 Å². The van der Waals surface area contributed by atoms with E-state index in [4.69, 9.17) is 0 Å². The first-order chi connectivity index (χ1) is 6.65. The normalized spacial score (nSPS) is 12.1. The van der Waals surface area contributed by atoms with Gasteiger partial charge in [-0.1, -0.05) is 15.9 Å². The summed E-state index contributed by atoms with van der Waals surface area (Å²) in [6, 6.07) is 1.50. The van der Waals surface area contributed by atoms with Crippen LogP contribution >= 0.6 is 15.9 Å². The Hall–Kier alpha value is -1.10. The molecule has 0 aromatic carbocycles. The van der Waals surface area contributed by atoms with E-state index in [9.17, 15) is 9.90 Å². The molecule has 0 aliphatic rings. The second-order valence-corrected chi connectivity index (χ2v) is 3.57. The van der Waals surface area contributed by atoms with Gasteiger partial charge in [0.05, 0.1) is 11.8 Å². The van der Waals surface area contributed by atoms with Crippen LogP contribution in [0.4, 0.5) is 0 Å². The molecule has 1 unspecified atom stereocenters. The van der Waals surface area contributed by atoms with E-state index in [1.165, 1.54) is 18.5 Å². The topological polar surface area (TPSA) is 62.2 Å². The van der Waals surface area contributed by atoms with E-state index < -0.39 is 0 Å². The lowest BCUT2D eigenvalue weighted by Crippen LogP contribution is -2.33. The van der Waals surface area contributed by atoms with Crippen molar-refractivity contribution in [1.29, 1.82) is 0 Å². The molecule has 1 atom stereocenters. The first kappa shape index (κ1) is 11.0. The van der Waals surface area contributed by atoms with Crippen molar-refractivity contribution in [3.63, 3.8) is 0 Å². The number of carbonyl (C=O) groups is 1. The average Bonchev–Trinajstić information content (AvgIpc) is 2.18. The molecule has 0 spiro atoms. The fraction of sp³-hybridized carbons (Fsp3) is 0.333. The molecule has 0 aliphatic heterocycles. The number of amides is 1. The molecule has 2 N–H and O–H groups in total. The second-order valence-electron chi connectivity index (χ2n) is 2.92. The van der Waals surface area contributed by atoms with Crippen molar-refractivity contribution in [2.45, 2.75) is 13.0 Å². The third-order valence-electron chi connectivity index (χ3n) is 1.65. The number of hydrogen-bond donors (Lipinski definition) is 2. The monoisotopic (exact) mass is 258 g/mol. The van der Waals surface area contributed by atoms with Crippen LogP contribution in [0.15, 0.2) is 18.5 Å². The van der Waals surface area contributed by atoms with Crippen LogP contribution in [0.5, 0.6) is 5.75 Å². The Labute approximate surface area is 90.5 Å². The third-order valence-corrected chi connectivity index (χ3v) is 2.62. The van der Waals surface area contributed by atoms with Gasteiger partial charge in [-0.3, -0.25) is 9.78 Å². The average molecular weight is 259 g/mol. The Kier molecular flexibility index (Phi) is 3.88. The van der Waals surface area contributed by atoms with Crippen molar-refractivity contribution in [1.82, 2.24) is 10.3 Å². The van der Waals surface area contributed by atoms with E-state index in [-0.39, 0.29) is 23.3 Å². The standard InChI is InChI=1S/C9H11BrN2O2/c1-6(4-10)12-9(14)7-2-3-11-5-8(7)13/h2-3,5-6,13H,4H2,1H3,(H,12,14). The fourth-order valence-corrected chi connectivity index (χ4v) is 1.08. The lowest BCUT2D eigenvalue weighted by Gasteiger charge is -2.10. The minimum atomic E-state index is -0.295. The highest BCUT2D eigenvalue weighted by Gasteiger charge is 2.12. The van der Waals surface area contributed by atoms with Crippen LogP contribution in [0, 0.1) is 0 Å². The number of nitrogens with one attached hydrogen (secondary N) is 1. The highest BCUT2D eigenvalue weighted by molar-refractivity contribution is 9.09. The van der Waals surface area contributed by atoms with E-state index in [1.54, 1.807) is 0 Å². The third kappa shape index (κ3) is 2.70. The molecule has 0 saturated heterocycles.